The number of anilines is 1. The van der Waals surface area contributed by atoms with Gasteiger partial charge in [0, 0.05) is 36.0 Å². The molecule has 0 aliphatic carbocycles. The maximum atomic E-state index is 13.7. The third-order valence-electron chi connectivity index (χ3n) is 4.04. The van der Waals surface area contributed by atoms with E-state index in [9.17, 15) is 9.18 Å². The van der Waals surface area contributed by atoms with Crippen LogP contribution in [0.25, 0.3) is 33.3 Å². The number of nitrogens with zero attached hydrogens (tertiary/aromatic N) is 3. The number of hydrogen-bond acceptors (Lipinski definition) is 4. The minimum Gasteiger partial charge on any atom is -0.396 e. The first kappa shape index (κ1) is 14.4. The van der Waals surface area contributed by atoms with Crippen molar-refractivity contribution in [2.24, 2.45) is 0 Å². The number of H-pyrrole nitrogens is 1. The molecule has 0 radical (unpaired) electrons. The lowest BCUT2D eigenvalue weighted by atomic mass is 10.1. The van der Waals surface area contributed by atoms with Crippen molar-refractivity contribution in [3.8, 4) is 11.3 Å². The molecule has 0 aliphatic rings. The van der Waals surface area contributed by atoms with E-state index < -0.39 is 5.82 Å². The Hall–Kier alpha value is -3.22. The second kappa shape index (κ2) is 5.16. The van der Waals surface area contributed by atoms with Crippen molar-refractivity contribution in [1.29, 1.82) is 0 Å². The number of aryl methyl sites for hydroxylation is 1. The Morgan fingerprint density at radius 2 is 2.21 bits per heavy atom. The highest BCUT2D eigenvalue weighted by molar-refractivity contribution is 5.94. The molecule has 0 atom stereocenters. The van der Waals surface area contributed by atoms with Crippen molar-refractivity contribution in [2.45, 2.75) is 13.5 Å². The third-order valence-corrected chi connectivity index (χ3v) is 4.04. The molecular formula is C17H14FN5O. The van der Waals surface area contributed by atoms with Gasteiger partial charge in [0.25, 0.3) is 5.56 Å². The molecule has 7 heteroatoms. The van der Waals surface area contributed by atoms with E-state index in [2.05, 4.69) is 15.0 Å². The smallest absolute Gasteiger partial charge is 0.275 e. The maximum absolute atomic E-state index is 13.7. The molecule has 3 heterocycles. The van der Waals surface area contributed by atoms with Gasteiger partial charge in [-0.25, -0.2) is 14.4 Å². The molecule has 24 heavy (non-hydrogen) atoms. The molecular weight excluding hydrogens is 309 g/mol. The molecule has 4 aromatic rings. The average Bonchev–Trinajstić information content (AvgIpc) is 2.95. The first-order chi connectivity index (χ1) is 11.6. The second-order valence-electron chi connectivity index (χ2n) is 5.51. The summed E-state index contributed by atoms with van der Waals surface area (Å²) in [7, 11) is 0. The number of benzene rings is 1. The Balaban J connectivity index is 2.05. The number of aromatic amines is 1. The fourth-order valence-electron chi connectivity index (χ4n) is 2.86. The lowest BCUT2D eigenvalue weighted by Gasteiger charge is -2.03. The van der Waals surface area contributed by atoms with E-state index in [0.29, 0.717) is 23.1 Å². The van der Waals surface area contributed by atoms with Gasteiger partial charge in [-0.3, -0.25) is 4.79 Å². The van der Waals surface area contributed by atoms with Gasteiger partial charge in [-0.05, 0) is 25.1 Å². The Bertz CT molecular complexity index is 1150. The van der Waals surface area contributed by atoms with Gasteiger partial charge in [-0.1, -0.05) is 0 Å². The van der Waals surface area contributed by atoms with Crippen LogP contribution in [0.1, 0.15) is 6.92 Å². The summed E-state index contributed by atoms with van der Waals surface area (Å²) in [5.41, 5.74) is 7.59. The molecule has 0 saturated heterocycles. The highest BCUT2D eigenvalue weighted by Gasteiger charge is 2.16. The molecule has 0 unspecified atom stereocenters. The lowest BCUT2D eigenvalue weighted by molar-refractivity contribution is 0.634. The van der Waals surface area contributed by atoms with E-state index in [0.717, 1.165) is 11.0 Å². The van der Waals surface area contributed by atoms with Crippen LogP contribution in [0.4, 0.5) is 10.1 Å². The van der Waals surface area contributed by atoms with Gasteiger partial charge in [0.1, 0.15) is 17.2 Å². The molecule has 3 N–H and O–H groups in total. The SMILES string of the molecule is CCn1cc(-c2nc3cc(F)c(N)cc3[nH]c2=O)c2cccnc21. The summed E-state index contributed by atoms with van der Waals surface area (Å²) in [6, 6.07) is 6.29. The van der Waals surface area contributed by atoms with Crippen LogP contribution >= 0.6 is 0 Å². The summed E-state index contributed by atoms with van der Waals surface area (Å²) in [5, 5.41) is 0.826. The monoisotopic (exact) mass is 323 g/mol. The predicted octanol–water partition coefficient (Wildman–Crippen LogP) is 2.68. The summed E-state index contributed by atoms with van der Waals surface area (Å²) >= 11 is 0. The van der Waals surface area contributed by atoms with Crippen molar-refractivity contribution < 1.29 is 4.39 Å². The topological polar surface area (TPSA) is 89.6 Å². The largest absolute Gasteiger partial charge is 0.396 e. The number of pyridine rings is 1. The molecule has 1 aromatic carbocycles. The molecule has 4 rings (SSSR count). The summed E-state index contributed by atoms with van der Waals surface area (Å²) in [4.78, 5) is 23.9. The van der Waals surface area contributed by atoms with Crippen LogP contribution in [-0.4, -0.2) is 19.5 Å². The first-order valence-electron chi connectivity index (χ1n) is 7.51. The number of aromatic nitrogens is 4. The molecule has 0 aliphatic heterocycles. The van der Waals surface area contributed by atoms with Crippen molar-refractivity contribution in [3.05, 3.63) is 52.8 Å². The van der Waals surface area contributed by atoms with Crippen LogP contribution in [0.15, 0.2) is 41.5 Å². The van der Waals surface area contributed by atoms with Crippen LogP contribution in [0.2, 0.25) is 0 Å². The molecule has 0 bridgehead atoms. The summed E-state index contributed by atoms with van der Waals surface area (Å²) in [5.74, 6) is -0.564. The van der Waals surface area contributed by atoms with E-state index in [4.69, 9.17) is 5.73 Å². The Kier molecular flexibility index (Phi) is 3.09. The Morgan fingerprint density at radius 1 is 1.38 bits per heavy atom. The fourth-order valence-corrected chi connectivity index (χ4v) is 2.86. The number of nitrogen functional groups attached to an aromatic ring is 1. The number of halogens is 1. The number of hydrogen-bond donors (Lipinski definition) is 2. The molecule has 3 aromatic heterocycles. The van der Waals surface area contributed by atoms with Gasteiger partial charge >= 0.3 is 0 Å². The van der Waals surface area contributed by atoms with Crippen molar-refractivity contribution in [3.63, 3.8) is 0 Å². The molecule has 0 saturated carbocycles. The fraction of sp³-hybridized carbons (Fsp3) is 0.118. The van der Waals surface area contributed by atoms with Gasteiger partial charge < -0.3 is 15.3 Å². The summed E-state index contributed by atoms with van der Waals surface area (Å²) < 4.78 is 15.7. The highest BCUT2D eigenvalue weighted by atomic mass is 19.1. The van der Waals surface area contributed by atoms with Crippen molar-refractivity contribution in [2.75, 3.05) is 5.73 Å². The van der Waals surface area contributed by atoms with E-state index >= 15 is 0 Å². The third kappa shape index (κ3) is 2.05. The van der Waals surface area contributed by atoms with Crippen molar-refractivity contribution >= 4 is 27.8 Å². The Labute approximate surface area is 135 Å². The van der Waals surface area contributed by atoms with Crippen LogP contribution in [0.3, 0.4) is 0 Å². The lowest BCUT2D eigenvalue weighted by Crippen LogP contribution is -2.11. The zero-order valence-corrected chi connectivity index (χ0v) is 12.9. The molecule has 0 amide bonds. The zero-order chi connectivity index (χ0) is 16.8. The number of fused-ring (bicyclic) bond motifs is 2. The van der Waals surface area contributed by atoms with Crippen LogP contribution < -0.4 is 11.3 Å². The van der Waals surface area contributed by atoms with Crippen LogP contribution in [0, 0.1) is 5.82 Å². The van der Waals surface area contributed by atoms with Crippen molar-refractivity contribution in [1.82, 2.24) is 19.5 Å². The van der Waals surface area contributed by atoms with Gasteiger partial charge in [0.2, 0.25) is 0 Å². The maximum Gasteiger partial charge on any atom is 0.275 e. The number of rotatable bonds is 2. The Morgan fingerprint density at radius 3 is 3.00 bits per heavy atom. The number of nitrogens with two attached hydrogens (primary N) is 1. The average molecular weight is 323 g/mol. The molecule has 6 nitrogen and oxygen atoms in total. The standard InChI is InChI=1S/C17H14FN5O/c1-2-23-8-10(9-4-3-5-20-16(9)23)15-17(24)22-14-7-12(19)11(18)6-13(14)21-15/h3-8H,2,19H2,1H3,(H,22,24). The highest BCUT2D eigenvalue weighted by Crippen LogP contribution is 2.27. The van der Waals surface area contributed by atoms with Crippen LogP contribution in [0.5, 0.6) is 0 Å². The number of nitrogens with one attached hydrogen (secondary N) is 1. The summed E-state index contributed by atoms with van der Waals surface area (Å²) in [6.07, 6.45) is 3.54. The van der Waals surface area contributed by atoms with Crippen LogP contribution in [-0.2, 0) is 6.54 Å². The summed E-state index contributed by atoms with van der Waals surface area (Å²) in [6.45, 7) is 2.71. The van der Waals surface area contributed by atoms with E-state index in [1.54, 1.807) is 12.3 Å². The normalized spacial score (nSPS) is 11.4. The quantitative estimate of drug-likeness (QED) is 0.555. The van der Waals surface area contributed by atoms with E-state index in [1.807, 2.05) is 23.8 Å². The van der Waals surface area contributed by atoms with E-state index in [1.165, 1.54) is 12.1 Å². The second-order valence-corrected chi connectivity index (χ2v) is 5.51. The van der Waals surface area contributed by atoms with Gasteiger partial charge in [-0.2, -0.15) is 0 Å². The molecule has 120 valence electrons. The molecule has 0 fully saturated rings. The minimum absolute atomic E-state index is 0.0283. The van der Waals surface area contributed by atoms with Gasteiger partial charge in [-0.15, -0.1) is 0 Å². The van der Waals surface area contributed by atoms with Gasteiger partial charge in [0.15, 0.2) is 0 Å². The minimum atomic E-state index is -0.564. The zero-order valence-electron chi connectivity index (χ0n) is 12.9. The first-order valence-corrected chi connectivity index (χ1v) is 7.51. The van der Waals surface area contributed by atoms with Gasteiger partial charge in [0.05, 0.1) is 16.7 Å². The molecule has 0 spiro atoms. The van der Waals surface area contributed by atoms with E-state index in [-0.39, 0.29) is 16.9 Å². The predicted molar refractivity (Wildman–Crippen MR) is 91.1 cm³/mol.